The number of hydrogen-bond acceptors (Lipinski definition) is 5. The number of carbonyl (C=O) groups excluding carboxylic acids is 1. The molecule has 0 aliphatic carbocycles. The molecule has 6 nitrogen and oxygen atoms in total. The molecule has 0 aromatic heterocycles. The van der Waals surface area contributed by atoms with Gasteiger partial charge in [-0.15, -0.1) is 0 Å². The van der Waals surface area contributed by atoms with Crippen molar-refractivity contribution in [3.63, 3.8) is 0 Å². The van der Waals surface area contributed by atoms with Crippen molar-refractivity contribution >= 4 is 17.8 Å². The monoisotopic (exact) mass is 438 g/mol. The Balaban J connectivity index is 0.000000323. The van der Waals surface area contributed by atoms with Gasteiger partial charge < -0.3 is 14.5 Å². The van der Waals surface area contributed by atoms with E-state index in [1.165, 1.54) is 0 Å². The molecular weight excluding hydrogens is 412 g/mol. The van der Waals surface area contributed by atoms with Crippen LogP contribution in [0.2, 0.25) is 0 Å². The molecule has 0 atom stereocenters. The van der Waals surface area contributed by atoms with Crippen LogP contribution in [0.5, 0.6) is 0 Å². The molecule has 6 heteroatoms. The molecule has 1 fully saturated rings. The summed E-state index contributed by atoms with van der Waals surface area (Å²) in [6, 6.07) is 28.7. The van der Waals surface area contributed by atoms with Gasteiger partial charge in [-0.25, -0.2) is 0 Å². The first kappa shape index (κ1) is 23.5. The summed E-state index contributed by atoms with van der Waals surface area (Å²) in [6.07, 6.45) is 0.889. The van der Waals surface area contributed by atoms with E-state index in [1.807, 2.05) is 74.6 Å². The zero-order valence-electron chi connectivity index (χ0n) is 18.8. The number of nitriles is 2. The molecule has 0 bridgehead atoms. The van der Waals surface area contributed by atoms with Gasteiger partial charge in [0.15, 0.2) is 0 Å². The summed E-state index contributed by atoms with van der Waals surface area (Å²) in [5, 5.41) is 17.2. The lowest BCUT2D eigenvalue weighted by Crippen LogP contribution is -2.67. The van der Waals surface area contributed by atoms with Gasteiger partial charge in [-0.2, -0.15) is 10.5 Å². The zero-order valence-corrected chi connectivity index (χ0v) is 18.8. The third-order valence-corrected chi connectivity index (χ3v) is 5.54. The first-order chi connectivity index (χ1) is 16.0. The van der Waals surface area contributed by atoms with Gasteiger partial charge in [0.1, 0.15) is 5.54 Å². The average molecular weight is 439 g/mol. The topological polar surface area (TPSA) is 80.4 Å². The summed E-state index contributed by atoms with van der Waals surface area (Å²) in [5.74, 6) is 0. The van der Waals surface area contributed by atoms with Gasteiger partial charge >= 0.3 is 0 Å². The fraction of sp³-hybridized carbons (Fsp3) is 0.222. The van der Waals surface area contributed by atoms with Crippen LogP contribution in [0.15, 0.2) is 78.9 Å². The Bertz CT molecular complexity index is 1130. The maximum Gasteiger partial charge on any atom is 0.214 e. The summed E-state index contributed by atoms with van der Waals surface area (Å²) >= 11 is 0. The van der Waals surface area contributed by atoms with Crippen molar-refractivity contribution in [1.82, 2.24) is 0 Å². The summed E-state index contributed by atoms with van der Waals surface area (Å²) in [5.41, 5.74) is 3.99. The smallest absolute Gasteiger partial charge is 0.214 e. The fourth-order valence-electron chi connectivity index (χ4n) is 3.63. The van der Waals surface area contributed by atoms with Crippen LogP contribution in [-0.2, 0) is 9.53 Å². The van der Waals surface area contributed by atoms with Crippen molar-refractivity contribution in [2.45, 2.75) is 12.5 Å². The van der Waals surface area contributed by atoms with Gasteiger partial charge in [0, 0.05) is 25.0 Å². The van der Waals surface area contributed by atoms with Crippen LogP contribution in [0.3, 0.4) is 0 Å². The molecule has 4 rings (SSSR count). The lowest BCUT2D eigenvalue weighted by atomic mass is 9.93. The lowest BCUT2D eigenvalue weighted by molar-refractivity contribution is -0.114. The third-order valence-electron chi connectivity index (χ3n) is 5.54. The van der Waals surface area contributed by atoms with Crippen LogP contribution in [-0.4, -0.2) is 38.8 Å². The Kier molecular flexibility index (Phi) is 7.81. The predicted octanol–water partition coefficient (Wildman–Crippen LogP) is 4.29. The van der Waals surface area contributed by atoms with E-state index in [0.29, 0.717) is 30.9 Å². The molecular formula is C27H26N4O2. The quantitative estimate of drug-likeness (QED) is 0.536. The van der Waals surface area contributed by atoms with Gasteiger partial charge in [-0.05, 0) is 55.5 Å². The van der Waals surface area contributed by atoms with E-state index in [0.717, 1.165) is 23.3 Å². The Labute approximate surface area is 194 Å². The molecule has 3 aromatic carbocycles. The van der Waals surface area contributed by atoms with Crippen LogP contribution in [0, 0.1) is 29.6 Å². The first-order valence-electron chi connectivity index (χ1n) is 10.6. The van der Waals surface area contributed by atoms with Crippen LogP contribution < -0.4 is 9.80 Å². The first-order valence-corrected chi connectivity index (χ1v) is 10.6. The zero-order chi connectivity index (χ0) is 23.7. The summed E-state index contributed by atoms with van der Waals surface area (Å²) < 4.78 is 5.47. The second kappa shape index (κ2) is 10.9. The molecule has 0 spiro atoms. The molecule has 1 amide bonds. The molecule has 0 N–H and O–H groups in total. The van der Waals surface area contributed by atoms with Crippen molar-refractivity contribution < 1.29 is 9.53 Å². The summed E-state index contributed by atoms with van der Waals surface area (Å²) in [4.78, 5) is 15.7. The SMILES string of the molecule is Cc1ccc(N(C=O)C2(CN(C)c3ccc(C#N)cc3)COC2)cc1.N#Cc1ccccc1. The Hall–Kier alpha value is -4.13. The number of nitrogens with zero attached hydrogens (tertiary/aromatic N) is 4. The highest BCUT2D eigenvalue weighted by atomic mass is 16.5. The number of hydrogen-bond donors (Lipinski definition) is 0. The summed E-state index contributed by atoms with van der Waals surface area (Å²) in [6.45, 7) is 3.67. The molecule has 0 saturated carbocycles. The number of ether oxygens (including phenoxy) is 1. The minimum absolute atomic E-state index is 0.389. The van der Waals surface area contributed by atoms with E-state index >= 15 is 0 Å². The van der Waals surface area contributed by atoms with Crippen LogP contribution in [0.25, 0.3) is 0 Å². The van der Waals surface area contributed by atoms with Crippen molar-refractivity contribution in [2.24, 2.45) is 0 Å². The highest BCUT2D eigenvalue weighted by Gasteiger charge is 2.45. The number of aryl methyl sites for hydroxylation is 1. The largest absolute Gasteiger partial charge is 0.376 e. The second-order valence-corrected chi connectivity index (χ2v) is 8.02. The molecule has 1 aliphatic heterocycles. The van der Waals surface area contributed by atoms with Crippen molar-refractivity contribution in [1.29, 1.82) is 10.5 Å². The van der Waals surface area contributed by atoms with Gasteiger partial charge in [0.05, 0.1) is 36.5 Å². The molecule has 1 saturated heterocycles. The fourth-order valence-corrected chi connectivity index (χ4v) is 3.63. The molecule has 33 heavy (non-hydrogen) atoms. The Morgan fingerprint density at radius 1 is 0.879 bits per heavy atom. The number of carbonyl (C=O) groups is 1. The van der Waals surface area contributed by atoms with Crippen molar-refractivity contribution in [3.05, 3.63) is 95.6 Å². The normalized spacial score (nSPS) is 13.2. The Morgan fingerprint density at radius 2 is 1.42 bits per heavy atom. The number of anilines is 2. The van der Waals surface area contributed by atoms with Gasteiger partial charge in [-0.3, -0.25) is 4.79 Å². The molecule has 1 aliphatic rings. The second-order valence-electron chi connectivity index (χ2n) is 8.02. The van der Waals surface area contributed by atoms with Crippen molar-refractivity contribution in [2.75, 3.05) is 36.6 Å². The highest BCUT2D eigenvalue weighted by molar-refractivity contribution is 5.78. The van der Waals surface area contributed by atoms with E-state index in [9.17, 15) is 4.79 Å². The molecule has 0 radical (unpaired) electrons. The van der Waals surface area contributed by atoms with Crippen LogP contribution >= 0.6 is 0 Å². The highest BCUT2D eigenvalue weighted by Crippen LogP contribution is 2.31. The minimum atomic E-state index is -0.389. The van der Waals surface area contributed by atoms with Crippen LogP contribution in [0.4, 0.5) is 11.4 Å². The average Bonchev–Trinajstić information content (AvgIpc) is 2.84. The number of amides is 1. The molecule has 3 aromatic rings. The third kappa shape index (κ3) is 5.77. The lowest BCUT2D eigenvalue weighted by Gasteiger charge is -2.49. The minimum Gasteiger partial charge on any atom is -0.376 e. The van der Waals surface area contributed by atoms with Gasteiger partial charge in [0.25, 0.3) is 0 Å². The van der Waals surface area contributed by atoms with Crippen LogP contribution in [0.1, 0.15) is 16.7 Å². The van der Waals surface area contributed by atoms with E-state index < -0.39 is 0 Å². The molecule has 1 heterocycles. The number of rotatable bonds is 6. The summed E-state index contributed by atoms with van der Waals surface area (Å²) in [7, 11) is 1.99. The van der Waals surface area contributed by atoms with E-state index in [-0.39, 0.29) is 5.54 Å². The maximum atomic E-state index is 11.8. The van der Waals surface area contributed by atoms with E-state index in [1.54, 1.807) is 29.2 Å². The number of benzene rings is 3. The molecule has 0 unspecified atom stereocenters. The van der Waals surface area contributed by atoms with Gasteiger partial charge in [0.2, 0.25) is 6.41 Å². The maximum absolute atomic E-state index is 11.8. The molecule has 166 valence electrons. The van der Waals surface area contributed by atoms with E-state index in [2.05, 4.69) is 11.0 Å². The Morgan fingerprint density at radius 3 is 1.88 bits per heavy atom. The van der Waals surface area contributed by atoms with Gasteiger partial charge in [-0.1, -0.05) is 35.9 Å². The van der Waals surface area contributed by atoms with Crippen molar-refractivity contribution in [3.8, 4) is 12.1 Å². The predicted molar refractivity (Wildman–Crippen MR) is 129 cm³/mol. The standard InChI is InChI=1S/C20H21N3O2.C7H5N/c1-16-3-7-19(8-4-16)23(15-24)20(13-25-14-20)12-22(2)18-9-5-17(11-21)6-10-18;8-6-7-4-2-1-3-5-7/h3-10,15H,12-14H2,1-2H3;1-5H. The number of likely N-dealkylation sites (N-methyl/N-ethyl adjacent to an activating group) is 1. The van der Waals surface area contributed by atoms with E-state index in [4.69, 9.17) is 15.3 Å².